The number of carbonyl (C=O) groups excluding carboxylic acids is 2. The van der Waals surface area contributed by atoms with Gasteiger partial charge in [0.2, 0.25) is 0 Å². The van der Waals surface area contributed by atoms with Crippen LogP contribution in [0.3, 0.4) is 0 Å². The van der Waals surface area contributed by atoms with Crippen molar-refractivity contribution in [2.24, 2.45) is 0 Å². The van der Waals surface area contributed by atoms with Crippen LogP contribution in [-0.2, 0) is 0 Å². The van der Waals surface area contributed by atoms with Gasteiger partial charge in [-0.1, -0.05) is 64.6 Å². The van der Waals surface area contributed by atoms with Crippen LogP contribution in [0.1, 0.15) is 0 Å². The zero-order valence-corrected chi connectivity index (χ0v) is 18.1. The standard InChI is InChI=1S/C20H14Cl4N4O2/c21-13-6-2-8-15(17(13)23)27-19(29)25-11-4-1-5-12(10-11)26-20(30)28-16-9-3-7-14(22)18(16)24/h1-10H,(H2,25,27,29)(H2,26,28,30). The van der Waals surface area contributed by atoms with Gasteiger partial charge in [0.25, 0.3) is 0 Å². The van der Waals surface area contributed by atoms with E-state index < -0.39 is 12.1 Å². The van der Waals surface area contributed by atoms with E-state index in [-0.39, 0.29) is 10.0 Å². The second-order valence-corrected chi connectivity index (χ2v) is 7.51. The van der Waals surface area contributed by atoms with Gasteiger partial charge in [0.1, 0.15) is 0 Å². The molecule has 0 spiro atoms. The summed E-state index contributed by atoms with van der Waals surface area (Å²) in [5.41, 5.74) is 1.64. The van der Waals surface area contributed by atoms with Crippen LogP contribution in [0.4, 0.5) is 32.3 Å². The van der Waals surface area contributed by atoms with Crippen molar-refractivity contribution >= 4 is 81.2 Å². The Balaban J connectivity index is 1.62. The maximum Gasteiger partial charge on any atom is 0.323 e. The van der Waals surface area contributed by atoms with Gasteiger partial charge in [0, 0.05) is 11.4 Å². The Hall–Kier alpha value is -2.64. The first-order chi connectivity index (χ1) is 14.3. The van der Waals surface area contributed by atoms with E-state index in [1.807, 2.05) is 0 Å². The van der Waals surface area contributed by atoms with Crippen LogP contribution in [0.2, 0.25) is 20.1 Å². The molecule has 0 aliphatic rings. The van der Waals surface area contributed by atoms with Crippen LogP contribution in [0, 0.1) is 0 Å². The molecule has 0 bridgehead atoms. The topological polar surface area (TPSA) is 82.3 Å². The number of benzene rings is 3. The van der Waals surface area contributed by atoms with Crippen LogP contribution >= 0.6 is 46.4 Å². The van der Waals surface area contributed by atoms with Gasteiger partial charge in [0.15, 0.2) is 0 Å². The Morgan fingerprint density at radius 3 is 1.40 bits per heavy atom. The zero-order valence-electron chi connectivity index (χ0n) is 15.1. The fraction of sp³-hybridized carbons (Fsp3) is 0. The fourth-order valence-electron chi connectivity index (χ4n) is 2.44. The minimum Gasteiger partial charge on any atom is -0.308 e. The summed E-state index contributed by atoms with van der Waals surface area (Å²) < 4.78 is 0. The van der Waals surface area contributed by atoms with Crippen LogP contribution in [0.15, 0.2) is 60.7 Å². The number of amides is 4. The summed E-state index contributed by atoms with van der Waals surface area (Å²) in [5.74, 6) is 0. The minimum atomic E-state index is -0.522. The van der Waals surface area contributed by atoms with E-state index in [4.69, 9.17) is 46.4 Å². The number of hydrogen-bond donors (Lipinski definition) is 4. The summed E-state index contributed by atoms with van der Waals surface area (Å²) in [6.07, 6.45) is 0. The molecule has 6 nitrogen and oxygen atoms in total. The first-order valence-electron chi connectivity index (χ1n) is 8.47. The van der Waals surface area contributed by atoms with Crippen molar-refractivity contribution in [1.29, 1.82) is 0 Å². The normalized spacial score (nSPS) is 10.3. The Morgan fingerprint density at radius 1 is 0.567 bits per heavy atom. The molecule has 0 saturated carbocycles. The molecule has 0 aromatic heterocycles. The largest absolute Gasteiger partial charge is 0.323 e. The lowest BCUT2D eigenvalue weighted by molar-refractivity contribution is 0.261. The molecule has 0 saturated heterocycles. The maximum atomic E-state index is 12.2. The smallest absolute Gasteiger partial charge is 0.308 e. The van der Waals surface area contributed by atoms with E-state index in [9.17, 15) is 9.59 Å². The molecule has 0 fully saturated rings. The molecule has 154 valence electrons. The number of hydrogen-bond acceptors (Lipinski definition) is 2. The average Bonchev–Trinajstić information content (AvgIpc) is 2.69. The second kappa shape index (κ2) is 9.91. The van der Waals surface area contributed by atoms with Crippen molar-refractivity contribution in [3.63, 3.8) is 0 Å². The number of carbonyl (C=O) groups is 2. The van der Waals surface area contributed by atoms with Gasteiger partial charge in [-0.3, -0.25) is 0 Å². The maximum absolute atomic E-state index is 12.2. The SMILES string of the molecule is O=C(Nc1cccc(NC(=O)Nc2cccc(Cl)c2Cl)c1)Nc1cccc(Cl)c1Cl. The molecule has 10 heteroatoms. The molecular formula is C20H14Cl4N4O2. The molecule has 0 radical (unpaired) electrons. The molecule has 3 aromatic rings. The zero-order chi connectivity index (χ0) is 21.7. The highest BCUT2D eigenvalue weighted by Gasteiger charge is 2.11. The third kappa shape index (κ3) is 5.70. The van der Waals surface area contributed by atoms with Crippen LogP contribution in [0.25, 0.3) is 0 Å². The van der Waals surface area contributed by atoms with Gasteiger partial charge in [-0.05, 0) is 42.5 Å². The first-order valence-corrected chi connectivity index (χ1v) is 9.99. The molecule has 30 heavy (non-hydrogen) atoms. The molecule has 0 unspecified atom stereocenters. The van der Waals surface area contributed by atoms with E-state index in [2.05, 4.69) is 21.3 Å². The Morgan fingerprint density at radius 2 is 0.967 bits per heavy atom. The van der Waals surface area contributed by atoms with Gasteiger partial charge >= 0.3 is 12.1 Å². The molecular weight excluding hydrogens is 470 g/mol. The molecule has 3 aromatic carbocycles. The summed E-state index contributed by atoms with van der Waals surface area (Å²) in [5, 5.41) is 11.7. The van der Waals surface area contributed by atoms with Crippen molar-refractivity contribution in [3.8, 4) is 0 Å². The summed E-state index contributed by atoms with van der Waals surface area (Å²) in [6.45, 7) is 0. The molecule has 4 N–H and O–H groups in total. The summed E-state index contributed by atoms with van der Waals surface area (Å²) >= 11 is 24.0. The van der Waals surface area contributed by atoms with Gasteiger partial charge in [-0.15, -0.1) is 0 Å². The Kier molecular flexibility index (Phi) is 7.29. The monoisotopic (exact) mass is 482 g/mol. The fourth-order valence-corrected chi connectivity index (χ4v) is 3.14. The minimum absolute atomic E-state index is 0.237. The molecule has 0 heterocycles. The number of urea groups is 2. The van der Waals surface area contributed by atoms with Crippen LogP contribution in [0.5, 0.6) is 0 Å². The van der Waals surface area contributed by atoms with E-state index >= 15 is 0 Å². The number of rotatable bonds is 4. The number of anilines is 4. The quantitative estimate of drug-likeness (QED) is 0.308. The lowest BCUT2D eigenvalue weighted by Gasteiger charge is -2.12. The van der Waals surface area contributed by atoms with Crippen molar-refractivity contribution in [2.75, 3.05) is 21.3 Å². The van der Waals surface area contributed by atoms with E-state index in [0.717, 1.165) is 0 Å². The predicted molar refractivity (Wildman–Crippen MR) is 125 cm³/mol. The van der Waals surface area contributed by atoms with Gasteiger partial charge < -0.3 is 21.3 Å². The van der Waals surface area contributed by atoms with Crippen molar-refractivity contribution in [1.82, 2.24) is 0 Å². The highest BCUT2D eigenvalue weighted by atomic mass is 35.5. The molecule has 0 atom stereocenters. The van der Waals surface area contributed by atoms with Crippen LogP contribution < -0.4 is 21.3 Å². The second-order valence-electron chi connectivity index (χ2n) is 5.94. The summed E-state index contributed by atoms with van der Waals surface area (Å²) in [7, 11) is 0. The van der Waals surface area contributed by atoms with E-state index in [0.29, 0.717) is 32.8 Å². The van der Waals surface area contributed by atoms with Crippen molar-refractivity contribution in [2.45, 2.75) is 0 Å². The van der Waals surface area contributed by atoms with Crippen LogP contribution in [-0.4, -0.2) is 12.1 Å². The highest BCUT2D eigenvalue weighted by molar-refractivity contribution is 6.44. The first kappa shape index (κ1) is 22.1. The van der Waals surface area contributed by atoms with Gasteiger partial charge in [0.05, 0.1) is 31.5 Å². The predicted octanol–water partition coefficient (Wildman–Crippen LogP) is 7.59. The lowest BCUT2D eigenvalue weighted by Crippen LogP contribution is -2.21. The number of nitrogens with one attached hydrogen (secondary N) is 4. The molecule has 3 rings (SSSR count). The number of halogens is 4. The lowest BCUT2D eigenvalue weighted by atomic mass is 10.2. The third-order valence-corrected chi connectivity index (χ3v) is 5.42. The highest BCUT2D eigenvalue weighted by Crippen LogP contribution is 2.30. The summed E-state index contributed by atoms with van der Waals surface area (Å²) in [4.78, 5) is 24.5. The molecule has 4 amide bonds. The Bertz CT molecular complexity index is 1030. The van der Waals surface area contributed by atoms with Gasteiger partial charge in [-0.25, -0.2) is 9.59 Å². The van der Waals surface area contributed by atoms with E-state index in [1.165, 1.54) is 0 Å². The Labute approximate surface area is 192 Å². The van der Waals surface area contributed by atoms with Crippen molar-refractivity contribution < 1.29 is 9.59 Å². The summed E-state index contributed by atoms with van der Waals surface area (Å²) in [6, 6.07) is 15.3. The third-order valence-electron chi connectivity index (χ3n) is 3.78. The van der Waals surface area contributed by atoms with E-state index in [1.54, 1.807) is 60.7 Å². The molecule has 0 aliphatic carbocycles. The van der Waals surface area contributed by atoms with Gasteiger partial charge in [-0.2, -0.15) is 0 Å². The van der Waals surface area contributed by atoms with Crippen molar-refractivity contribution in [3.05, 3.63) is 80.8 Å². The average molecular weight is 484 g/mol. The molecule has 0 aliphatic heterocycles.